The summed E-state index contributed by atoms with van der Waals surface area (Å²) in [5, 5.41) is 0.634. The zero-order valence-electron chi connectivity index (χ0n) is 19.5. The van der Waals surface area contributed by atoms with E-state index in [1.54, 1.807) is 0 Å². The third-order valence-electron chi connectivity index (χ3n) is 8.99. The second-order valence-corrected chi connectivity index (χ2v) is 10.9. The number of fused-ring (bicyclic) bond motifs is 3. The van der Waals surface area contributed by atoms with Crippen LogP contribution in [0.2, 0.25) is 5.02 Å². The molecule has 2 heterocycles. The number of hydrogen-bond donors (Lipinski definition) is 0. The number of halogens is 1. The fourth-order valence-corrected chi connectivity index (χ4v) is 6.66. The molecule has 2 aliphatic heterocycles. The molecule has 1 aliphatic carbocycles. The van der Waals surface area contributed by atoms with Crippen LogP contribution < -0.4 is 0 Å². The quantitative estimate of drug-likeness (QED) is 0.481. The van der Waals surface area contributed by atoms with E-state index in [0.717, 1.165) is 17.5 Å². The largest absolute Gasteiger partial charge is 0.330 e. The van der Waals surface area contributed by atoms with Crippen LogP contribution in [0.25, 0.3) is 0 Å². The number of benzene rings is 2. The minimum absolute atomic E-state index is 0.171. The van der Waals surface area contributed by atoms with E-state index in [1.807, 2.05) is 62.1 Å². The molecule has 2 aromatic carbocycles. The minimum Gasteiger partial charge on any atom is -0.330 e. The van der Waals surface area contributed by atoms with Crippen LogP contribution in [0.5, 0.6) is 0 Å². The molecule has 0 radical (unpaired) electrons. The zero-order chi connectivity index (χ0) is 23.8. The van der Waals surface area contributed by atoms with Crippen molar-refractivity contribution in [3.05, 3.63) is 70.2 Å². The number of carbonyl (C=O) groups is 3. The SMILES string of the molecule is CN1C(=O)[C@@]2(C(=O)N3CCc4ccccc4[C@@H]3c3ccc(Cl)cc3)CC[C@@](C)(C1=O)C2(C)C. The lowest BCUT2D eigenvalue weighted by Crippen LogP contribution is -2.68. The summed E-state index contributed by atoms with van der Waals surface area (Å²) in [5.41, 5.74) is 0.427. The molecule has 33 heavy (non-hydrogen) atoms. The molecule has 172 valence electrons. The first-order chi connectivity index (χ1) is 15.6. The van der Waals surface area contributed by atoms with Gasteiger partial charge in [-0.1, -0.05) is 68.8 Å². The molecule has 2 fully saturated rings. The van der Waals surface area contributed by atoms with Crippen molar-refractivity contribution >= 4 is 29.3 Å². The summed E-state index contributed by atoms with van der Waals surface area (Å²) in [5.74, 6) is -0.724. The number of piperidine rings is 1. The van der Waals surface area contributed by atoms with Crippen molar-refractivity contribution in [2.45, 2.75) is 46.1 Å². The number of rotatable bonds is 2. The third kappa shape index (κ3) is 2.69. The summed E-state index contributed by atoms with van der Waals surface area (Å²) >= 11 is 6.16. The van der Waals surface area contributed by atoms with E-state index in [4.69, 9.17) is 11.6 Å². The van der Waals surface area contributed by atoms with Crippen molar-refractivity contribution in [1.29, 1.82) is 0 Å². The first-order valence-corrected chi connectivity index (χ1v) is 11.9. The topological polar surface area (TPSA) is 57.7 Å². The Kier molecular flexibility index (Phi) is 4.81. The molecule has 6 heteroatoms. The molecule has 5 nitrogen and oxygen atoms in total. The molecule has 0 N–H and O–H groups in total. The normalized spacial score (nSPS) is 30.4. The number of amides is 3. The highest BCUT2D eigenvalue weighted by molar-refractivity contribution is 6.30. The summed E-state index contributed by atoms with van der Waals surface area (Å²) in [6.45, 7) is 6.28. The van der Waals surface area contributed by atoms with Crippen molar-refractivity contribution in [1.82, 2.24) is 9.80 Å². The van der Waals surface area contributed by atoms with Crippen LogP contribution in [0.4, 0.5) is 0 Å². The number of imide groups is 1. The highest BCUT2D eigenvalue weighted by atomic mass is 35.5. The Labute approximate surface area is 199 Å². The van der Waals surface area contributed by atoms with E-state index in [0.29, 0.717) is 24.4 Å². The minimum atomic E-state index is -1.26. The maximum absolute atomic E-state index is 14.6. The second kappa shape index (κ2) is 7.17. The van der Waals surface area contributed by atoms with Crippen molar-refractivity contribution in [2.24, 2.45) is 16.2 Å². The van der Waals surface area contributed by atoms with Gasteiger partial charge in [-0.05, 0) is 48.1 Å². The molecule has 2 bridgehead atoms. The molecule has 1 saturated heterocycles. The van der Waals surface area contributed by atoms with Crippen LogP contribution in [0.15, 0.2) is 48.5 Å². The van der Waals surface area contributed by atoms with Gasteiger partial charge in [0.05, 0.1) is 11.5 Å². The Balaban J connectivity index is 1.66. The first kappa shape index (κ1) is 22.1. The van der Waals surface area contributed by atoms with Gasteiger partial charge in [-0.25, -0.2) is 0 Å². The predicted octanol–water partition coefficient (Wildman–Crippen LogP) is 4.63. The van der Waals surface area contributed by atoms with E-state index in [-0.39, 0.29) is 23.8 Å². The predicted molar refractivity (Wildman–Crippen MR) is 126 cm³/mol. The maximum atomic E-state index is 14.6. The van der Waals surface area contributed by atoms with Gasteiger partial charge in [0.25, 0.3) is 0 Å². The first-order valence-electron chi connectivity index (χ1n) is 11.5. The van der Waals surface area contributed by atoms with Crippen molar-refractivity contribution in [2.75, 3.05) is 13.6 Å². The van der Waals surface area contributed by atoms with Crippen LogP contribution in [-0.2, 0) is 20.8 Å². The van der Waals surface area contributed by atoms with Crippen LogP contribution in [0, 0.1) is 16.2 Å². The van der Waals surface area contributed by atoms with Gasteiger partial charge in [0, 0.05) is 24.0 Å². The fourth-order valence-electron chi connectivity index (χ4n) is 6.53. The monoisotopic (exact) mass is 464 g/mol. The summed E-state index contributed by atoms with van der Waals surface area (Å²) in [6.07, 6.45) is 1.63. The van der Waals surface area contributed by atoms with Gasteiger partial charge < -0.3 is 4.90 Å². The van der Waals surface area contributed by atoms with Gasteiger partial charge >= 0.3 is 0 Å². The van der Waals surface area contributed by atoms with Gasteiger partial charge in [-0.15, -0.1) is 0 Å². The molecule has 3 atom stereocenters. The van der Waals surface area contributed by atoms with Crippen LogP contribution >= 0.6 is 11.6 Å². The van der Waals surface area contributed by atoms with Gasteiger partial charge in [0.2, 0.25) is 17.7 Å². The van der Waals surface area contributed by atoms with Crippen LogP contribution in [0.3, 0.4) is 0 Å². The van der Waals surface area contributed by atoms with E-state index in [9.17, 15) is 14.4 Å². The highest BCUT2D eigenvalue weighted by Gasteiger charge is 2.75. The standard InChI is InChI=1S/C27H29ClN2O3/c1-25(2)26(3)14-15-27(25,23(32)29(4)22(26)31)24(33)30-16-13-17-7-5-6-8-20(17)21(30)18-9-11-19(28)12-10-18/h5-12,21H,13-16H2,1-4H3/t21-,26-,27+/m0/s1. The van der Waals surface area contributed by atoms with Crippen molar-refractivity contribution < 1.29 is 14.4 Å². The van der Waals surface area contributed by atoms with Gasteiger partial charge in [-0.2, -0.15) is 0 Å². The summed E-state index contributed by atoms with van der Waals surface area (Å²) in [4.78, 5) is 44.5. The Morgan fingerprint density at radius 1 is 0.970 bits per heavy atom. The van der Waals surface area contributed by atoms with E-state index < -0.39 is 16.2 Å². The summed E-state index contributed by atoms with van der Waals surface area (Å²) in [7, 11) is 1.52. The average molecular weight is 465 g/mol. The van der Waals surface area contributed by atoms with E-state index in [1.165, 1.54) is 17.5 Å². The van der Waals surface area contributed by atoms with Gasteiger partial charge in [0.1, 0.15) is 5.41 Å². The lowest BCUT2D eigenvalue weighted by Gasteiger charge is -2.54. The molecule has 3 amide bonds. The lowest BCUT2D eigenvalue weighted by atomic mass is 9.54. The van der Waals surface area contributed by atoms with Crippen LogP contribution in [0.1, 0.15) is 56.3 Å². The number of hydrogen-bond acceptors (Lipinski definition) is 3. The Bertz CT molecular complexity index is 1170. The van der Waals surface area contributed by atoms with Crippen molar-refractivity contribution in [3.63, 3.8) is 0 Å². The number of likely N-dealkylation sites (tertiary alicyclic amines) is 1. The Hall–Kier alpha value is -2.66. The van der Waals surface area contributed by atoms with Crippen LogP contribution in [-0.4, -0.2) is 41.1 Å². The van der Waals surface area contributed by atoms with Gasteiger partial charge in [-0.3, -0.25) is 19.3 Å². The molecule has 2 aromatic rings. The lowest BCUT2D eigenvalue weighted by molar-refractivity contribution is -0.183. The Morgan fingerprint density at radius 2 is 1.64 bits per heavy atom. The smallest absolute Gasteiger partial charge is 0.245 e. The molecule has 0 aromatic heterocycles. The average Bonchev–Trinajstić information content (AvgIpc) is 2.99. The molecule has 0 unspecified atom stereocenters. The third-order valence-corrected chi connectivity index (χ3v) is 9.24. The molecular formula is C27H29ClN2O3. The molecule has 3 aliphatic rings. The molecule has 0 spiro atoms. The number of carbonyl (C=O) groups excluding carboxylic acids is 3. The highest BCUT2D eigenvalue weighted by Crippen LogP contribution is 2.67. The summed E-state index contributed by atoms with van der Waals surface area (Å²) in [6, 6.07) is 15.4. The molecule has 1 saturated carbocycles. The fraction of sp³-hybridized carbons (Fsp3) is 0.444. The Morgan fingerprint density at radius 3 is 2.33 bits per heavy atom. The zero-order valence-corrected chi connectivity index (χ0v) is 20.3. The second-order valence-electron chi connectivity index (χ2n) is 10.4. The molecular weight excluding hydrogens is 436 g/mol. The maximum Gasteiger partial charge on any atom is 0.245 e. The van der Waals surface area contributed by atoms with E-state index in [2.05, 4.69) is 12.1 Å². The van der Waals surface area contributed by atoms with Crippen molar-refractivity contribution in [3.8, 4) is 0 Å². The summed E-state index contributed by atoms with van der Waals surface area (Å²) < 4.78 is 0. The van der Waals surface area contributed by atoms with Gasteiger partial charge in [0.15, 0.2) is 0 Å². The van der Waals surface area contributed by atoms with E-state index >= 15 is 0 Å². The number of nitrogens with zero attached hydrogens (tertiary/aromatic N) is 2. The molecule has 5 rings (SSSR count).